The molecule has 2 aliphatic rings. The van der Waals surface area contributed by atoms with Crippen LogP contribution in [0.2, 0.25) is 0 Å². The first-order valence-corrected chi connectivity index (χ1v) is 9.68. The van der Waals surface area contributed by atoms with Crippen LogP contribution in [0.15, 0.2) is 16.5 Å². The SMILES string of the molecule is CCN1CCN(Cc2oc3c(c2C)C(=O)C(=O)c2cc(C)c(C)cc2-3)CC1. The monoisotopic (exact) mass is 366 g/mol. The normalized spacial score (nSPS) is 17.9. The van der Waals surface area contributed by atoms with Crippen molar-refractivity contribution in [2.75, 3.05) is 32.7 Å². The molecule has 1 aliphatic heterocycles. The van der Waals surface area contributed by atoms with Gasteiger partial charge in [-0.2, -0.15) is 0 Å². The van der Waals surface area contributed by atoms with Crippen molar-refractivity contribution in [3.05, 3.63) is 45.7 Å². The van der Waals surface area contributed by atoms with Crippen LogP contribution in [0.25, 0.3) is 11.3 Å². The first kappa shape index (κ1) is 18.1. The molecule has 2 heterocycles. The lowest BCUT2D eigenvalue weighted by atomic mass is 9.85. The predicted octanol–water partition coefficient (Wildman–Crippen LogP) is 3.39. The zero-order valence-electron chi connectivity index (χ0n) is 16.5. The Balaban J connectivity index is 1.71. The number of fused-ring (bicyclic) bond motifs is 3. The molecule has 5 heteroatoms. The van der Waals surface area contributed by atoms with Gasteiger partial charge in [0.25, 0.3) is 0 Å². The number of likely N-dealkylation sites (N-methyl/N-ethyl adjacent to an activating group) is 1. The van der Waals surface area contributed by atoms with E-state index in [9.17, 15) is 9.59 Å². The van der Waals surface area contributed by atoms with Crippen LogP contribution in [-0.2, 0) is 6.54 Å². The number of nitrogens with zero attached hydrogens (tertiary/aromatic N) is 2. The zero-order valence-corrected chi connectivity index (χ0v) is 16.5. The van der Waals surface area contributed by atoms with Gasteiger partial charge in [-0.15, -0.1) is 0 Å². The lowest BCUT2D eigenvalue weighted by molar-refractivity contribution is 0.0814. The average molecular weight is 366 g/mol. The molecule has 0 N–H and O–H groups in total. The molecule has 0 amide bonds. The molecule has 1 fully saturated rings. The molecular weight excluding hydrogens is 340 g/mol. The second kappa shape index (κ2) is 6.73. The van der Waals surface area contributed by atoms with Gasteiger partial charge >= 0.3 is 0 Å². The van der Waals surface area contributed by atoms with E-state index in [4.69, 9.17) is 4.42 Å². The van der Waals surface area contributed by atoms with E-state index in [0.717, 1.165) is 60.7 Å². The molecular formula is C22H26N2O3. The third-order valence-electron chi connectivity index (χ3n) is 6.08. The van der Waals surface area contributed by atoms with Gasteiger partial charge in [0, 0.05) is 42.9 Å². The second-order valence-corrected chi connectivity index (χ2v) is 7.71. The van der Waals surface area contributed by atoms with Gasteiger partial charge in [-0.3, -0.25) is 14.5 Å². The summed E-state index contributed by atoms with van der Waals surface area (Å²) in [5.74, 6) is 0.506. The lowest BCUT2D eigenvalue weighted by Gasteiger charge is -2.33. The van der Waals surface area contributed by atoms with Crippen LogP contribution in [0.1, 0.15) is 50.1 Å². The summed E-state index contributed by atoms with van der Waals surface area (Å²) in [6, 6.07) is 3.79. The Kier molecular flexibility index (Phi) is 4.52. The van der Waals surface area contributed by atoms with Gasteiger partial charge in [-0.1, -0.05) is 6.92 Å². The summed E-state index contributed by atoms with van der Waals surface area (Å²) in [6.45, 7) is 13.9. The average Bonchev–Trinajstić information content (AvgIpc) is 2.98. The third kappa shape index (κ3) is 2.95. The molecule has 1 aromatic heterocycles. The van der Waals surface area contributed by atoms with Crippen LogP contribution in [0.3, 0.4) is 0 Å². The largest absolute Gasteiger partial charge is 0.459 e. The number of benzene rings is 1. The summed E-state index contributed by atoms with van der Waals surface area (Å²) < 4.78 is 6.20. The van der Waals surface area contributed by atoms with Crippen LogP contribution in [-0.4, -0.2) is 54.1 Å². The molecule has 142 valence electrons. The van der Waals surface area contributed by atoms with Gasteiger partial charge in [-0.25, -0.2) is 0 Å². The fourth-order valence-electron chi connectivity index (χ4n) is 4.07. The molecule has 0 spiro atoms. The second-order valence-electron chi connectivity index (χ2n) is 7.71. The van der Waals surface area contributed by atoms with Gasteiger partial charge < -0.3 is 9.32 Å². The van der Waals surface area contributed by atoms with E-state index in [2.05, 4.69) is 16.7 Å². The number of carbonyl (C=O) groups is 2. The first-order chi connectivity index (χ1) is 12.9. The number of rotatable bonds is 3. The number of ketones is 2. The van der Waals surface area contributed by atoms with Crippen molar-refractivity contribution in [2.24, 2.45) is 0 Å². The van der Waals surface area contributed by atoms with Crippen LogP contribution in [0.4, 0.5) is 0 Å². The summed E-state index contributed by atoms with van der Waals surface area (Å²) in [5.41, 5.74) is 4.59. The molecule has 0 radical (unpaired) electrons. The molecule has 0 unspecified atom stereocenters. The van der Waals surface area contributed by atoms with Crippen LogP contribution >= 0.6 is 0 Å². The minimum atomic E-state index is -0.441. The number of piperazine rings is 1. The van der Waals surface area contributed by atoms with E-state index in [1.165, 1.54) is 0 Å². The maximum atomic E-state index is 12.8. The zero-order chi connectivity index (χ0) is 19.3. The van der Waals surface area contributed by atoms with Gasteiger partial charge in [-0.05, 0) is 50.6 Å². The molecule has 1 aliphatic carbocycles. The highest BCUT2D eigenvalue weighted by atomic mass is 16.3. The van der Waals surface area contributed by atoms with Crippen molar-refractivity contribution in [1.82, 2.24) is 9.80 Å². The van der Waals surface area contributed by atoms with Crippen molar-refractivity contribution in [2.45, 2.75) is 34.2 Å². The van der Waals surface area contributed by atoms with Gasteiger partial charge in [0.1, 0.15) is 11.5 Å². The number of aryl methyl sites for hydroxylation is 2. The maximum Gasteiger partial charge on any atom is 0.237 e. The summed E-state index contributed by atoms with van der Waals surface area (Å²) in [5, 5.41) is 0. The van der Waals surface area contributed by atoms with Crippen molar-refractivity contribution in [1.29, 1.82) is 0 Å². The first-order valence-electron chi connectivity index (χ1n) is 9.68. The fourth-order valence-corrected chi connectivity index (χ4v) is 4.07. The standard InChI is InChI=1S/C22H26N2O3/c1-5-23-6-8-24(9-7-23)12-18-15(4)19-21(26)20(25)16-10-13(2)14(3)11-17(16)22(19)27-18/h10-11H,5-9,12H2,1-4H3. The van der Waals surface area contributed by atoms with Gasteiger partial charge in [0.15, 0.2) is 0 Å². The van der Waals surface area contributed by atoms with Crippen LogP contribution in [0, 0.1) is 20.8 Å². The van der Waals surface area contributed by atoms with E-state index in [0.29, 0.717) is 23.4 Å². The Morgan fingerprint density at radius 2 is 1.48 bits per heavy atom. The summed E-state index contributed by atoms with van der Waals surface area (Å²) in [6.07, 6.45) is 0. The van der Waals surface area contributed by atoms with Crippen molar-refractivity contribution in [3.63, 3.8) is 0 Å². The molecule has 2 aromatic rings. The molecule has 27 heavy (non-hydrogen) atoms. The highest BCUT2D eigenvalue weighted by Crippen LogP contribution is 2.39. The van der Waals surface area contributed by atoms with E-state index in [1.54, 1.807) is 0 Å². The Morgan fingerprint density at radius 3 is 2.11 bits per heavy atom. The van der Waals surface area contributed by atoms with Gasteiger partial charge in [0.05, 0.1) is 12.1 Å². The number of carbonyl (C=O) groups excluding carboxylic acids is 2. The quantitative estimate of drug-likeness (QED) is 0.780. The molecule has 1 saturated heterocycles. The lowest BCUT2D eigenvalue weighted by Crippen LogP contribution is -2.45. The summed E-state index contributed by atoms with van der Waals surface area (Å²) in [7, 11) is 0. The Labute approximate surface area is 159 Å². The minimum absolute atomic E-state index is 0.424. The van der Waals surface area contributed by atoms with Crippen molar-refractivity contribution >= 4 is 11.6 Å². The van der Waals surface area contributed by atoms with E-state index in [-0.39, 0.29) is 0 Å². The molecule has 0 bridgehead atoms. The Bertz CT molecular complexity index is 934. The minimum Gasteiger partial charge on any atom is -0.459 e. The third-order valence-corrected chi connectivity index (χ3v) is 6.08. The molecule has 1 aromatic carbocycles. The molecule has 5 nitrogen and oxygen atoms in total. The summed E-state index contributed by atoms with van der Waals surface area (Å²) in [4.78, 5) is 30.2. The van der Waals surface area contributed by atoms with Gasteiger partial charge in [0.2, 0.25) is 11.6 Å². The van der Waals surface area contributed by atoms with Crippen molar-refractivity contribution < 1.29 is 14.0 Å². The van der Waals surface area contributed by atoms with Crippen LogP contribution in [0.5, 0.6) is 0 Å². The molecule has 0 saturated carbocycles. The van der Waals surface area contributed by atoms with Crippen molar-refractivity contribution in [3.8, 4) is 11.3 Å². The van der Waals surface area contributed by atoms with E-state index < -0.39 is 11.6 Å². The van der Waals surface area contributed by atoms with E-state index >= 15 is 0 Å². The molecule has 0 atom stereocenters. The smallest absolute Gasteiger partial charge is 0.237 e. The highest BCUT2D eigenvalue weighted by molar-refractivity contribution is 6.53. The number of hydrogen-bond acceptors (Lipinski definition) is 5. The summed E-state index contributed by atoms with van der Waals surface area (Å²) >= 11 is 0. The number of Topliss-reactive ketones (excluding diaryl/α,β-unsaturated/α-hetero) is 2. The maximum absolute atomic E-state index is 12.8. The fraction of sp³-hybridized carbons (Fsp3) is 0.455. The number of hydrogen-bond donors (Lipinski definition) is 0. The Hall–Kier alpha value is -2.24. The highest BCUT2D eigenvalue weighted by Gasteiger charge is 2.36. The number of furan rings is 1. The van der Waals surface area contributed by atoms with E-state index in [1.807, 2.05) is 32.9 Å². The Morgan fingerprint density at radius 1 is 0.889 bits per heavy atom. The molecule has 4 rings (SSSR count). The van der Waals surface area contributed by atoms with Crippen LogP contribution < -0.4 is 0 Å². The predicted molar refractivity (Wildman–Crippen MR) is 104 cm³/mol. The topological polar surface area (TPSA) is 53.8 Å².